The lowest BCUT2D eigenvalue weighted by Crippen LogP contribution is -2.40. The van der Waals surface area contributed by atoms with Crippen LogP contribution >= 0.6 is 11.3 Å². The van der Waals surface area contributed by atoms with Crippen LogP contribution in [0.1, 0.15) is 22.5 Å². The van der Waals surface area contributed by atoms with Gasteiger partial charge in [-0.15, -0.1) is 11.3 Å². The summed E-state index contributed by atoms with van der Waals surface area (Å²) in [6, 6.07) is 0. The van der Waals surface area contributed by atoms with Crippen LogP contribution in [0.15, 0.2) is 4.99 Å². The quantitative estimate of drug-likeness (QED) is 0.612. The minimum absolute atomic E-state index is 0.778. The van der Waals surface area contributed by atoms with Crippen LogP contribution in [0.25, 0.3) is 0 Å². The monoisotopic (exact) mass is 283 g/mol. The Hall–Kier alpha value is -1.14. The first-order valence-corrected chi connectivity index (χ1v) is 7.44. The Morgan fingerprint density at radius 2 is 2.11 bits per heavy atom. The average molecular weight is 283 g/mol. The fraction of sp³-hybridized carbons (Fsp3) is 0.692. The number of aryl methyl sites for hydroxylation is 2. The van der Waals surface area contributed by atoms with Gasteiger partial charge in [-0.2, -0.15) is 0 Å². The molecule has 0 saturated carbocycles. The molecule has 0 aliphatic rings. The van der Waals surface area contributed by atoms with Crippen molar-refractivity contribution in [3.8, 4) is 0 Å². The maximum Gasteiger partial charge on any atom is 0.191 e. The molecule has 1 aromatic heterocycles. The van der Waals surface area contributed by atoms with Crippen LogP contribution < -0.4 is 10.6 Å². The van der Waals surface area contributed by atoms with Crippen LogP contribution in [0, 0.1) is 13.8 Å². The van der Waals surface area contributed by atoms with Crippen molar-refractivity contribution in [2.75, 3.05) is 33.7 Å². The van der Waals surface area contributed by atoms with Gasteiger partial charge in [0, 0.05) is 25.0 Å². The number of hydrogen-bond donors (Lipinski definition) is 2. The van der Waals surface area contributed by atoms with Crippen molar-refractivity contribution in [3.63, 3.8) is 0 Å². The predicted molar refractivity (Wildman–Crippen MR) is 83.0 cm³/mol. The summed E-state index contributed by atoms with van der Waals surface area (Å²) in [4.78, 5) is 12.2. The summed E-state index contributed by atoms with van der Waals surface area (Å²) in [5, 5.41) is 7.75. The van der Waals surface area contributed by atoms with E-state index in [1.165, 1.54) is 4.88 Å². The van der Waals surface area contributed by atoms with E-state index in [-0.39, 0.29) is 0 Å². The number of nitrogens with one attached hydrogen (secondary N) is 2. The van der Waals surface area contributed by atoms with Gasteiger partial charge < -0.3 is 15.5 Å². The molecule has 0 unspecified atom stereocenters. The van der Waals surface area contributed by atoms with E-state index in [0.29, 0.717) is 0 Å². The van der Waals surface area contributed by atoms with Gasteiger partial charge in [0.1, 0.15) is 0 Å². The number of hydrogen-bond acceptors (Lipinski definition) is 4. The highest BCUT2D eigenvalue weighted by atomic mass is 32.1. The van der Waals surface area contributed by atoms with Crippen molar-refractivity contribution in [3.05, 3.63) is 15.6 Å². The van der Waals surface area contributed by atoms with Gasteiger partial charge in [-0.3, -0.25) is 4.99 Å². The molecule has 0 radical (unpaired) electrons. The molecule has 1 rings (SSSR count). The Kier molecular flexibility index (Phi) is 6.80. The Balaban J connectivity index is 2.35. The van der Waals surface area contributed by atoms with Crippen LogP contribution in [0.5, 0.6) is 0 Å². The number of aliphatic imine (C=N–C) groups is 1. The molecular weight excluding hydrogens is 258 g/mol. The second-order valence-electron chi connectivity index (χ2n) is 4.49. The highest BCUT2D eigenvalue weighted by molar-refractivity contribution is 7.11. The van der Waals surface area contributed by atoms with E-state index in [9.17, 15) is 0 Å². The topological polar surface area (TPSA) is 52.5 Å². The Morgan fingerprint density at radius 3 is 2.63 bits per heavy atom. The van der Waals surface area contributed by atoms with Gasteiger partial charge in [0.15, 0.2) is 5.96 Å². The molecule has 0 fully saturated rings. The summed E-state index contributed by atoms with van der Waals surface area (Å²) < 4.78 is 0. The Morgan fingerprint density at radius 1 is 1.37 bits per heavy atom. The first kappa shape index (κ1) is 15.9. The molecule has 0 spiro atoms. The summed E-state index contributed by atoms with van der Waals surface area (Å²) in [6.07, 6.45) is 0. The number of nitrogens with zero attached hydrogens (tertiary/aromatic N) is 3. The van der Waals surface area contributed by atoms with E-state index in [0.717, 1.165) is 42.8 Å². The van der Waals surface area contributed by atoms with Crippen molar-refractivity contribution >= 4 is 17.3 Å². The number of rotatable bonds is 6. The summed E-state index contributed by atoms with van der Waals surface area (Å²) in [6.45, 7) is 9.98. The molecule has 6 heteroatoms. The number of thiazole rings is 1. The molecule has 2 N–H and O–H groups in total. The van der Waals surface area contributed by atoms with E-state index >= 15 is 0 Å². The third kappa shape index (κ3) is 5.57. The van der Waals surface area contributed by atoms with Crippen LogP contribution in [-0.2, 0) is 6.54 Å². The second kappa shape index (κ2) is 8.12. The molecule has 1 heterocycles. The fourth-order valence-corrected chi connectivity index (χ4v) is 2.52. The molecule has 0 aromatic carbocycles. The van der Waals surface area contributed by atoms with Crippen molar-refractivity contribution in [2.45, 2.75) is 27.3 Å². The zero-order valence-corrected chi connectivity index (χ0v) is 13.4. The summed E-state index contributed by atoms with van der Waals surface area (Å²) in [7, 11) is 3.91. The molecule has 0 aliphatic carbocycles. The first-order chi connectivity index (χ1) is 9.06. The van der Waals surface area contributed by atoms with Crippen molar-refractivity contribution in [1.82, 2.24) is 20.5 Å². The fourth-order valence-electron chi connectivity index (χ4n) is 1.65. The number of likely N-dealkylation sites (N-methyl/N-ethyl adjacent to an activating group) is 1. The van der Waals surface area contributed by atoms with Crippen LogP contribution in [-0.4, -0.2) is 49.6 Å². The molecule has 1 aromatic rings. The van der Waals surface area contributed by atoms with E-state index in [1.807, 2.05) is 13.8 Å². The number of aromatic nitrogens is 1. The SMILES string of the molecule is CCN(C)CCNC(=NC)NCc1sc(C)nc1C. The minimum atomic E-state index is 0.778. The third-order valence-electron chi connectivity index (χ3n) is 2.97. The zero-order valence-electron chi connectivity index (χ0n) is 12.6. The molecule has 0 amide bonds. The first-order valence-electron chi connectivity index (χ1n) is 6.62. The summed E-state index contributed by atoms with van der Waals surface area (Å²) in [5.41, 5.74) is 1.11. The van der Waals surface area contributed by atoms with Crippen LogP contribution in [0.3, 0.4) is 0 Å². The summed E-state index contributed by atoms with van der Waals surface area (Å²) in [5.74, 6) is 0.843. The molecule has 19 heavy (non-hydrogen) atoms. The third-order valence-corrected chi connectivity index (χ3v) is 4.04. The normalized spacial score (nSPS) is 12.0. The Bertz CT molecular complexity index is 413. The summed E-state index contributed by atoms with van der Waals surface area (Å²) >= 11 is 1.73. The van der Waals surface area contributed by atoms with Gasteiger partial charge in [0.05, 0.1) is 17.2 Å². The average Bonchev–Trinajstić information content (AvgIpc) is 2.71. The maximum atomic E-state index is 4.42. The van der Waals surface area contributed by atoms with Gasteiger partial charge in [-0.05, 0) is 27.4 Å². The molecule has 0 bridgehead atoms. The van der Waals surface area contributed by atoms with Crippen LogP contribution in [0.4, 0.5) is 0 Å². The molecule has 108 valence electrons. The lowest BCUT2D eigenvalue weighted by molar-refractivity contribution is 0.357. The lowest BCUT2D eigenvalue weighted by Gasteiger charge is -2.16. The van der Waals surface area contributed by atoms with Crippen molar-refractivity contribution in [2.24, 2.45) is 4.99 Å². The van der Waals surface area contributed by atoms with Crippen molar-refractivity contribution < 1.29 is 0 Å². The second-order valence-corrected chi connectivity index (χ2v) is 5.78. The molecule has 5 nitrogen and oxygen atoms in total. The van der Waals surface area contributed by atoms with E-state index in [2.05, 4.69) is 39.5 Å². The van der Waals surface area contributed by atoms with Gasteiger partial charge in [0.2, 0.25) is 0 Å². The maximum absolute atomic E-state index is 4.42. The minimum Gasteiger partial charge on any atom is -0.355 e. The molecule has 0 saturated heterocycles. The van der Waals surface area contributed by atoms with E-state index < -0.39 is 0 Å². The van der Waals surface area contributed by atoms with Gasteiger partial charge in [0.25, 0.3) is 0 Å². The van der Waals surface area contributed by atoms with Crippen molar-refractivity contribution in [1.29, 1.82) is 0 Å². The Labute approximate surface area is 120 Å². The van der Waals surface area contributed by atoms with Gasteiger partial charge in [-0.1, -0.05) is 6.92 Å². The van der Waals surface area contributed by atoms with Crippen LogP contribution in [0.2, 0.25) is 0 Å². The largest absolute Gasteiger partial charge is 0.355 e. The molecular formula is C13H25N5S. The highest BCUT2D eigenvalue weighted by Gasteiger charge is 2.05. The van der Waals surface area contributed by atoms with E-state index in [1.54, 1.807) is 18.4 Å². The zero-order chi connectivity index (χ0) is 14.3. The molecule has 0 atom stereocenters. The van der Waals surface area contributed by atoms with Gasteiger partial charge >= 0.3 is 0 Å². The van der Waals surface area contributed by atoms with Gasteiger partial charge in [-0.25, -0.2) is 4.98 Å². The van der Waals surface area contributed by atoms with E-state index in [4.69, 9.17) is 0 Å². The molecule has 0 aliphatic heterocycles. The number of guanidine groups is 1. The lowest BCUT2D eigenvalue weighted by atomic mass is 10.4. The standard InChI is InChI=1S/C13H25N5S/c1-6-18(5)8-7-15-13(14-4)16-9-12-10(2)17-11(3)19-12/h6-9H2,1-5H3,(H2,14,15,16). The smallest absolute Gasteiger partial charge is 0.191 e. The predicted octanol–water partition coefficient (Wildman–Crippen LogP) is 1.38. The highest BCUT2D eigenvalue weighted by Crippen LogP contribution is 2.16.